The van der Waals surface area contributed by atoms with Crippen molar-refractivity contribution in [2.45, 2.75) is 0 Å². The van der Waals surface area contributed by atoms with Gasteiger partial charge in [-0.05, 0) is 100 Å². The minimum absolute atomic E-state index is 0.696. The maximum atomic E-state index is 5.30. The molecule has 0 saturated carbocycles. The van der Waals surface area contributed by atoms with Crippen LogP contribution in [0.4, 0.5) is 0 Å². The van der Waals surface area contributed by atoms with Gasteiger partial charge in [-0.3, -0.25) is 0 Å². The Morgan fingerprint density at radius 1 is 0.176 bits per heavy atom. The predicted molar refractivity (Wildman–Crippen MR) is 285 cm³/mol. The van der Waals surface area contributed by atoms with Gasteiger partial charge in [0.2, 0.25) is 0 Å². The van der Waals surface area contributed by atoms with E-state index in [-0.39, 0.29) is 0 Å². The van der Waals surface area contributed by atoms with Gasteiger partial charge in [-0.15, -0.1) is 0 Å². The first-order valence-electron chi connectivity index (χ1n) is 23.1. The monoisotopic (exact) mass is 862 g/mol. The molecule has 2 heterocycles. The Morgan fingerprint density at radius 2 is 0.426 bits per heavy atom. The highest BCUT2D eigenvalue weighted by atomic mass is 14.9. The molecule has 4 nitrogen and oxygen atoms in total. The number of para-hydroxylation sites is 2. The first-order chi connectivity index (χ1) is 33.7. The fraction of sp³-hybridized carbons (Fsp3) is 0. The zero-order chi connectivity index (χ0) is 44.7. The van der Waals surface area contributed by atoms with Crippen molar-refractivity contribution in [2.24, 2.45) is 0 Å². The summed E-state index contributed by atoms with van der Waals surface area (Å²) >= 11 is 0. The van der Waals surface area contributed by atoms with E-state index in [0.717, 1.165) is 66.6 Å². The van der Waals surface area contributed by atoms with Gasteiger partial charge in [0, 0.05) is 33.0 Å². The van der Waals surface area contributed by atoms with Gasteiger partial charge >= 0.3 is 0 Å². The van der Waals surface area contributed by atoms with Crippen molar-refractivity contribution in [1.82, 2.24) is 19.9 Å². The van der Waals surface area contributed by atoms with E-state index in [0.29, 0.717) is 11.6 Å². The Kier molecular flexibility index (Phi) is 8.55. The summed E-state index contributed by atoms with van der Waals surface area (Å²) in [5.74, 6) is 1.39. The van der Waals surface area contributed by atoms with Crippen molar-refractivity contribution in [3.05, 3.63) is 231 Å². The number of aromatic nitrogens is 4. The van der Waals surface area contributed by atoms with Gasteiger partial charge in [-0.25, -0.2) is 19.9 Å². The molecule has 0 saturated heterocycles. The maximum absolute atomic E-state index is 5.30. The van der Waals surface area contributed by atoms with Gasteiger partial charge < -0.3 is 0 Å². The van der Waals surface area contributed by atoms with Crippen molar-refractivity contribution in [2.75, 3.05) is 0 Å². The fourth-order valence-corrected chi connectivity index (χ4v) is 10.6. The molecule has 0 atom stereocenters. The number of hydrogen-bond donors (Lipinski definition) is 0. The van der Waals surface area contributed by atoms with E-state index in [2.05, 4.69) is 218 Å². The van der Waals surface area contributed by atoms with Crippen LogP contribution in [0.2, 0.25) is 0 Å². The highest BCUT2D eigenvalue weighted by molar-refractivity contribution is 6.27. The lowest BCUT2D eigenvalue weighted by molar-refractivity contribution is 1.23. The van der Waals surface area contributed by atoms with Gasteiger partial charge in [0.25, 0.3) is 0 Å². The smallest absolute Gasteiger partial charge is 0.160 e. The van der Waals surface area contributed by atoms with E-state index in [9.17, 15) is 0 Å². The number of benzene rings is 12. The van der Waals surface area contributed by atoms with Crippen LogP contribution in [0.5, 0.6) is 0 Å². The molecule has 0 aliphatic heterocycles. The molecule has 12 aromatic carbocycles. The van der Waals surface area contributed by atoms with Crippen LogP contribution in [0, 0.1) is 0 Å². The second kappa shape index (κ2) is 15.2. The number of hydrogen-bond acceptors (Lipinski definition) is 4. The van der Waals surface area contributed by atoms with Crippen LogP contribution in [0.25, 0.3) is 143 Å². The van der Waals surface area contributed by atoms with Crippen molar-refractivity contribution in [3.8, 4) is 56.4 Å². The molecular formula is C64H38N4. The molecule has 4 heteroatoms. The van der Waals surface area contributed by atoms with E-state index in [1.807, 2.05) is 12.1 Å². The van der Waals surface area contributed by atoms with Gasteiger partial charge in [-0.1, -0.05) is 206 Å². The standard InChI is InChI=1S/C64H38N4/c1-3-17-49-45(13-1)47-15-5-7-19-51(47)57-37-43(33-35-53(49)57)61-55-21-9-11-23-59(55)65-63(67-61)41-29-25-39(26-30-41)40-27-31-42(32-28-40)64-66-60-24-12-10-22-56(60)62(68-64)44-34-36-54-50-18-4-2-14-46(50)48-16-6-8-20-52(48)58(54)38-44/h1-38H. The second-order valence-corrected chi connectivity index (χ2v) is 17.7. The molecular weight excluding hydrogens is 825 g/mol. The Morgan fingerprint density at radius 3 is 0.765 bits per heavy atom. The lowest BCUT2D eigenvalue weighted by Crippen LogP contribution is -1.96. The Balaban J connectivity index is 0.812. The third-order valence-corrected chi connectivity index (χ3v) is 13.9. The van der Waals surface area contributed by atoms with Crippen LogP contribution in [0.15, 0.2) is 231 Å². The molecule has 314 valence electrons. The first kappa shape index (κ1) is 38.2. The molecule has 0 N–H and O–H groups in total. The highest BCUT2D eigenvalue weighted by Gasteiger charge is 2.17. The number of fused-ring (bicyclic) bond motifs is 14. The van der Waals surface area contributed by atoms with Crippen molar-refractivity contribution in [3.63, 3.8) is 0 Å². The molecule has 0 bridgehead atoms. The molecule has 0 radical (unpaired) electrons. The first-order valence-corrected chi connectivity index (χ1v) is 23.1. The van der Waals surface area contributed by atoms with Crippen LogP contribution in [0.3, 0.4) is 0 Å². The quantitative estimate of drug-likeness (QED) is 0.162. The fourth-order valence-electron chi connectivity index (χ4n) is 10.6. The number of rotatable bonds is 5. The summed E-state index contributed by atoms with van der Waals surface area (Å²) in [6.45, 7) is 0. The third kappa shape index (κ3) is 6.08. The number of nitrogens with zero attached hydrogens (tertiary/aromatic N) is 4. The topological polar surface area (TPSA) is 51.6 Å². The zero-order valence-electron chi connectivity index (χ0n) is 36.7. The Bertz CT molecular complexity index is 4010. The summed E-state index contributed by atoms with van der Waals surface area (Å²) in [5.41, 5.74) is 9.93. The molecule has 0 unspecified atom stereocenters. The van der Waals surface area contributed by atoms with Crippen LogP contribution >= 0.6 is 0 Å². The van der Waals surface area contributed by atoms with Gasteiger partial charge in [0.1, 0.15) is 0 Å². The lowest BCUT2D eigenvalue weighted by atomic mass is 9.92. The molecule has 68 heavy (non-hydrogen) atoms. The van der Waals surface area contributed by atoms with E-state index in [1.165, 1.54) is 64.6 Å². The SMILES string of the molecule is c1ccc2c(-c3ccc4c5ccccc5c5ccccc5c4c3)nc(-c3ccc(-c4ccc(-c5nc(-c6ccc7c8ccccc8c8ccccc8c7c6)c6ccccc6n5)cc4)cc3)nc2c1. The molecule has 14 aromatic rings. The normalized spacial score (nSPS) is 11.8. The summed E-state index contributed by atoms with van der Waals surface area (Å²) in [7, 11) is 0. The molecule has 0 fully saturated rings. The molecule has 2 aromatic heterocycles. The molecule has 0 amide bonds. The van der Waals surface area contributed by atoms with Crippen molar-refractivity contribution in [1.29, 1.82) is 0 Å². The predicted octanol–water partition coefficient (Wildman–Crippen LogP) is 16.8. The highest BCUT2D eigenvalue weighted by Crippen LogP contribution is 2.41. The van der Waals surface area contributed by atoms with E-state index in [4.69, 9.17) is 19.9 Å². The Labute approximate surface area is 391 Å². The van der Waals surface area contributed by atoms with E-state index in [1.54, 1.807) is 0 Å². The summed E-state index contributed by atoms with van der Waals surface area (Å²) in [6.07, 6.45) is 0. The molecule has 0 aliphatic rings. The molecule has 0 aliphatic carbocycles. The van der Waals surface area contributed by atoms with Crippen LogP contribution in [-0.4, -0.2) is 19.9 Å². The zero-order valence-corrected chi connectivity index (χ0v) is 36.7. The average molecular weight is 863 g/mol. The van der Waals surface area contributed by atoms with Gasteiger partial charge in [0.15, 0.2) is 11.6 Å². The van der Waals surface area contributed by atoms with E-state index >= 15 is 0 Å². The minimum Gasteiger partial charge on any atom is -0.228 e. The van der Waals surface area contributed by atoms with Crippen LogP contribution in [-0.2, 0) is 0 Å². The maximum Gasteiger partial charge on any atom is 0.160 e. The summed E-state index contributed by atoms with van der Waals surface area (Å²) in [5, 5.41) is 17.0. The van der Waals surface area contributed by atoms with Crippen LogP contribution < -0.4 is 0 Å². The third-order valence-electron chi connectivity index (χ3n) is 13.9. The molecule has 0 spiro atoms. The largest absolute Gasteiger partial charge is 0.228 e. The average Bonchev–Trinajstić information content (AvgIpc) is 3.42. The lowest BCUT2D eigenvalue weighted by Gasteiger charge is -2.14. The Hall–Kier alpha value is -9.12. The van der Waals surface area contributed by atoms with Crippen molar-refractivity contribution < 1.29 is 0 Å². The van der Waals surface area contributed by atoms with E-state index < -0.39 is 0 Å². The summed E-state index contributed by atoms with van der Waals surface area (Å²) < 4.78 is 0. The van der Waals surface area contributed by atoms with Crippen molar-refractivity contribution >= 4 is 86.4 Å². The summed E-state index contributed by atoms with van der Waals surface area (Å²) in [6, 6.07) is 82.2. The summed E-state index contributed by atoms with van der Waals surface area (Å²) in [4.78, 5) is 20.8. The van der Waals surface area contributed by atoms with Gasteiger partial charge in [0.05, 0.1) is 22.4 Å². The van der Waals surface area contributed by atoms with Crippen LogP contribution in [0.1, 0.15) is 0 Å². The molecule has 14 rings (SSSR count). The minimum atomic E-state index is 0.696. The second-order valence-electron chi connectivity index (χ2n) is 17.7. The van der Waals surface area contributed by atoms with Gasteiger partial charge in [-0.2, -0.15) is 0 Å².